The van der Waals surface area contributed by atoms with Gasteiger partial charge in [0, 0.05) is 12.1 Å². The van der Waals surface area contributed by atoms with Crippen LogP contribution in [0.15, 0.2) is 54.6 Å². The van der Waals surface area contributed by atoms with Crippen molar-refractivity contribution < 1.29 is 9.53 Å². The molecule has 0 fully saturated rings. The average Bonchev–Trinajstić information content (AvgIpc) is 1.15. The van der Waals surface area contributed by atoms with Gasteiger partial charge in [0.1, 0.15) is 73.1 Å². The molecule has 0 saturated heterocycles. The molecular formula is C62H122Cl9NO2Si13. The number of nitrogens with one attached hydrogen (secondary N) is 1. The number of carbonyl (C=O) groups is 1. The van der Waals surface area contributed by atoms with Gasteiger partial charge in [0.15, 0.2) is 0 Å². The first kappa shape index (κ1) is 84.1. The predicted molar refractivity (Wildman–Crippen MR) is 442 cm³/mol. The highest BCUT2D eigenvalue weighted by atomic mass is 35.6. The van der Waals surface area contributed by atoms with Gasteiger partial charge in [-0.25, -0.2) is 4.79 Å². The van der Waals surface area contributed by atoms with E-state index in [0.717, 1.165) is 94.3 Å². The second-order valence-electron chi connectivity index (χ2n) is 33.2. The number of amides is 1. The number of hydrogen-bond donors (Lipinski definition) is 1. The van der Waals surface area contributed by atoms with Crippen LogP contribution < -0.4 is 5.32 Å². The van der Waals surface area contributed by atoms with E-state index in [9.17, 15) is 4.79 Å². The smallest absolute Gasteiger partial charge is 0.407 e. The zero-order valence-corrected chi connectivity index (χ0v) is 77.7. The fourth-order valence-corrected chi connectivity index (χ4v) is 80.8. The number of benzene rings is 3. The first-order valence-corrected chi connectivity index (χ1v) is 82.7. The van der Waals surface area contributed by atoms with E-state index in [0.29, 0.717) is 6.54 Å². The van der Waals surface area contributed by atoms with Crippen LogP contribution in [0.1, 0.15) is 18.4 Å². The van der Waals surface area contributed by atoms with Crippen molar-refractivity contribution in [3.63, 3.8) is 0 Å². The summed E-state index contributed by atoms with van der Waals surface area (Å²) < 4.78 is 6.15. The Morgan fingerprint density at radius 1 is 0.322 bits per heavy atom. The minimum atomic E-state index is -2.22. The van der Waals surface area contributed by atoms with E-state index in [1.54, 1.807) is 0 Å². The van der Waals surface area contributed by atoms with Gasteiger partial charge in [-0.1, -0.05) is 270 Å². The molecule has 3 nitrogen and oxygen atoms in total. The second kappa shape index (κ2) is 35.6. The molecule has 1 amide bonds. The van der Waals surface area contributed by atoms with Gasteiger partial charge in [-0.05, 0) is 88.4 Å². The van der Waals surface area contributed by atoms with E-state index in [-0.39, 0.29) is 12.7 Å². The van der Waals surface area contributed by atoms with Gasteiger partial charge < -0.3 is 10.1 Å². The van der Waals surface area contributed by atoms with Gasteiger partial charge in [-0.2, -0.15) is 99.7 Å². The predicted octanol–water partition coefficient (Wildman–Crippen LogP) is 27.8. The van der Waals surface area contributed by atoms with Crippen LogP contribution in [-0.2, 0) is 11.3 Å². The molecule has 0 heterocycles. The summed E-state index contributed by atoms with van der Waals surface area (Å²) in [6, 6.07) is 50.7. The zero-order chi connectivity index (χ0) is 66.2. The topological polar surface area (TPSA) is 38.3 Å². The quantitative estimate of drug-likeness (QED) is 0.0265. The number of ether oxygens (including phenoxy) is 1. The van der Waals surface area contributed by atoms with Crippen LogP contribution in [0.4, 0.5) is 4.79 Å². The third-order valence-corrected chi connectivity index (χ3v) is 64.6. The standard InChI is InChI=1S/C62H122Cl9NO2Si13/c1-75(2,63)31-40-85(41-32-76(3,4)64,42-33-77(5,6)65)52-49-84(50-53-86(43-34-78(7,8)66,44-35-79(9,10)67)45-36-80(11,12)68,51-54-87(46-37-81(13,14)69,47-38-82(15,16)70)48-39-83(17,18)71)30-24-23-29-72-62(73)74-56-61-59-27-21-19-25-57(59)55-58-26-20-22-28-60(58)61/h19-22,25-28,55H,23-24,29-54,56H2,1-18H3,(H,72,73). The molecule has 502 valence electrons. The van der Waals surface area contributed by atoms with Crippen molar-refractivity contribution >= 4 is 226 Å². The summed E-state index contributed by atoms with van der Waals surface area (Å²) in [5.74, 6) is 0. The summed E-state index contributed by atoms with van der Waals surface area (Å²) in [5.41, 5.74) is 1.05. The summed E-state index contributed by atoms with van der Waals surface area (Å²) in [5, 5.41) is 7.83. The number of rotatable bonds is 43. The fraction of sp³-hybridized carbons (Fsp3) is 0.758. The molecule has 0 atom stereocenters. The van der Waals surface area contributed by atoms with Crippen LogP contribution in [0.5, 0.6) is 0 Å². The van der Waals surface area contributed by atoms with E-state index in [4.69, 9.17) is 104 Å². The number of unbranched alkanes of at least 4 members (excludes halogenated alkanes) is 1. The first-order chi connectivity index (χ1) is 39.4. The highest BCUT2D eigenvalue weighted by molar-refractivity contribution is 7.23. The van der Waals surface area contributed by atoms with Crippen molar-refractivity contribution in [2.24, 2.45) is 0 Å². The molecule has 3 aromatic carbocycles. The molecule has 0 aliphatic heterocycles. The first-order valence-electron chi connectivity index (χ1n) is 33.4. The molecule has 0 aromatic heterocycles. The van der Waals surface area contributed by atoms with Gasteiger partial charge in [0.25, 0.3) is 0 Å². The Morgan fingerprint density at radius 3 is 0.782 bits per heavy atom. The summed E-state index contributed by atoms with van der Waals surface area (Å²) in [7, 11) is -25.5. The summed E-state index contributed by atoms with van der Waals surface area (Å²) >= 11 is 67.2. The van der Waals surface area contributed by atoms with Crippen molar-refractivity contribution in [1.82, 2.24) is 5.32 Å². The van der Waals surface area contributed by atoms with Gasteiger partial charge in [0.2, 0.25) is 0 Å². The molecular weight excluding hydrogens is 1470 g/mol. The molecule has 1 N–H and O–H groups in total. The Labute approximate surface area is 589 Å². The Hall–Kier alpha value is 2.88. The lowest BCUT2D eigenvalue weighted by Crippen LogP contribution is -2.47. The molecule has 0 aliphatic carbocycles. The fourth-order valence-electron chi connectivity index (χ4n) is 12.9. The van der Waals surface area contributed by atoms with Crippen LogP contribution in [0.3, 0.4) is 0 Å². The maximum absolute atomic E-state index is 13.9. The Kier molecular flexibility index (Phi) is 34.4. The lowest BCUT2D eigenvalue weighted by molar-refractivity contribution is 0.140. The van der Waals surface area contributed by atoms with E-state index < -0.39 is 98.7 Å². The summed E-state index contributed by atoms with van der Waals surface area (Å²) in [6.45, 7) is 43.5. The highest BCUT2D eigenvalue weighted by Gasteiger charge is 2.47. The Balaban J connectivity index is 2.37. The number of hydrogen-bond acceptors (Lipinski definition) is 2. The number of alkyl carbamates (subject to hydrolysis) is 1. The number of fused-ring (bicyclic) bond motifs is 2. The molecule has 0 spiro atoms. The molecule has 0 radical (unpaired) electrons. The van der Waals surface area contributed by atoms with Crippen molar-refractivity contribution in [3.05, 3.63) is 60.2 Å². The molecule has 0 saturated carbocycles. The van der Waals surface area contributed by atoms with Gasteiger partial charge in [-0.15, -0.1) is 0 Å². The molecule has 3 rings (SSSR count). The van der Waals surface area contributed by atoms with E-state index in [2.05, 4.69) is 178 Å². The number of carbonyl (C=O) groups excluding carboxylic acids is 1. The maximum atomic E-state index is 13.9. The maximum Gasteiger partial charge on any atom is 0.407 e. The summed E-state index contributed by atoms with van der Waals surface area (Å²) in [4.78, 5) is 13.9. The Bertz CT molecular complexity index is 2190. The molecule has 3 aromatic rings. The van der Waals surface area contributed by atoms with Gasteiger partial charge in [0.05, 0.1) is 32.3 Å². The van der Waals surface area contributed by atoms with E-state index in [1.807, 2.05) is 0 Å². The third kappa shape index (κ3) is 36.9. The van der Waals surface area contributed by atoms with Gasteiger partial charge in [-0.3, -0.25) is 0 Å². The van der Waals surface area contributed by atoms with Crippen molar-refractivity contribution in [3.8, 4) is 0 Å². The molecule has 0 bridgehead atoms. The molecule has 87 heavy (non-hydrogen) atoms. The number of halogens is 9. The van der Waals surface area contributed by atoms with Gasteiger partial charge >= 0.3 is 6.09 Å². The SMILES string of the molecule is C[Si](C)(Cl)CC[Si](CC[Si](C)(C)Cl)(CC[Si](C)(C)Cl)CC[Si](CCCCNC(=O)OCc1c2ccccc2cc2ccccc12)(CC[Si](CC[Si](C)(C)Cl)(CC[Si](C)(C)Cl)CC[Si](C)(C)Cl)CC[Si](CC[Si](C)(C)Cl)(CC[Si](C)(C)Cl)CC[Si](C)(C)Cl. The largest absolute Gasteiger partial charge is 0.445 e. The lowest BCUT2D eigenvalue weighted by Gasteiger charge is -2.45. The lowest BCUT2D eigenvalue weighted by atomic mass is 9.97. The minimum Gasteiger partial charge on any atom is -0.445 e. The zero-order valence-electron chi connectivity index (χ0n) is 57.9. The van der Waals surface area contributed by atoms with Crippen LogP contribution >= 0.6 is 99.7 Å². The molecule has 0 unspecified atom stereocenters. The monoisotopic (exact) mass is 1590 g/mol. The summed E-state index contributed by atoms with van der Waals surface area (Å²) in [6.07, 6.45) is 1.68. The average molecular weight is 1600 g/mol. The highest BCUT2D eigenvalue weighted by Crippen LogP contribution is 2.49. The van der Waals surface area contributed by atoms with Crippen LogP contribution in [0.2, 0.25) is 269 Å². The van der Waals surface area contributed by atoms with Crippen LogP contribution in [-0.4, -0.2) is 111 Å². The molecule has 25 heteroatoms. The van der Waals surface area contributed by atoms with E-state index >= 15 is 0 Å². The van der Waals surface area contributed by atoms with Crippen LogP contribution in [0, 0.1) is 0 Å². The van der Waals surface area contributed by atoms with Crippen molar-refractivity contribution in [2.75, 3.05) is 6.54 Å². The van der Waals surface area contributed by atoms with Crippen molar-refractivity contribution in [2.45, 2.75) is 288 Å². The molecule has 0 aliphatic rings. The third-order valence-electron chi connectivity index (χ3n) is 19.4. The van der Waals surface area contributed by atoms with E-state index in [1.165, 1.54) is 96.7 Å². The minimum absolute atomic E-state index is 0.217. The second-order valence-corrected chi connectivity index (χ2v) is 116. The Morgan fingerprint density at radius 2 is 0.540 bits per heavy atom. The normalized spacial score (nSPS) is 14.4. The van der Waals surface area contributed by atoms with Crippen LogP contribution in [0.25, 0.3) is 21.5 Å². The van der Waals surface area contributed by atoms with Crippen molar-refractivity contribution in [1.29, 1.82) is 0 Å².